The van der Waals surface area contributed by atoms with Gasteiger partial charge in [0.05, 0.1) is 11.9 Å². The Hall–Kier alpha value is -3.23. The molecule has 0 spiro atoms. The number of nitrogens with zero attached hydrogens (tertiary/aromatic N) is 2. The fraction of sp³-hybridized carbons (Fsp3) is 0.485. The Morgan fingerprint density at radius 3 is 2.46 bits per heavy atom. The van der Waals surface area contributed by atoms with Gasteiger partial charge in [-0.05, 0) is 104 Å². The number of aldehydes is 1. The molecule has 1 saturated heterocycles. The maximum absolute atomic E-state index is 14.6. The number of carbonyl (C=O) groups excluding carboxylic acids is 1. The van der Waals surface area contributed by atoms with Crippen LogP contribution < -0.4 is 11.1 Å². The highest BCUT2D eigenvalue weighted by Gasteiger charge is 2.30. The van der Waals surface area contributed by atoms with Gasteiger partial charge >= 0.3 is 0 Å². The van der Waals surface area contributed by atoms with E-state index in [9.17, 15) is 13.6 Å². The van der Waals surface area contributed by atoms with Gasteiger partial charge in [0.1, 0.15) is 23.0 Å². The highest BCUT2D eigenvalue weighted by Crippen LogP contribution is 2.41. The first kappa shape index (κ1) is 30.7. The molecular formula is C33H42F2N4O2. The van der Waals surface area contributed by atoms with E-state index in [1.54, 1.807) is 6.92 Å². The summed E-state index contributed by atoms with van der Waals surface area (Å²) >= 11 is 0. The first-order chi connectivity index (χ1) is 19.7. The summed E-state index contributed by atoms with van der Waals surface area (Å²) < 4.78 is 34.0. The van der Waals surface area contributed by atoms with Crippen molar-refractivity contribution in [3.05, 3.63) is 76.7 Å². The fourth-order valence-electron chi connectivity index (χ4n) is 6.21. The normalized spacial score (nSPS) is 21.2. The van der Waals surface area contributed by atoms with Gasteiger partial charge in [-0.1, -0.05) is 19.9 Å². The quantitative estimate of drug-likeness (QED) is 0.312. The summed E-state index contributed by atoms with van der Waals surface area (Å²) in [6, 6.07) is 8.23. The third-order valence-corrected chi connectivity index (χ3v) is 8.51. The van der Waals surface area contributed by atoms with Crippen molar-refractivity contribution in [1.82, 2.24) is 9.97 Å². The zero-order valence-electron chi connectivity index (χ0n) is 24.5. The fourth-order valence-corrected chi connectivity index (χ4v) is 6.21. The van der Waals surface area contributed by atoms with Gasteiger partial charge in [-0.2, -0.15) is 0 Å². The molecule has 8 heteroatoms. The number of hydrogen-bond acceptors (Lipinski definition) is 6. The van der Waals surface area contributed by atoms with Gasteiger partial charge in [-0.25, -0.2) is 13.8 Å². The molecule has 0 radical (unpaired) electrons. The van der Waals surface area contributed by atoms with E-state index in [0.717, 1.165) is 48.4 Å². The van der Waals surface area contributed by atoms with Crippen molar-refractivity contribution < 1.29 is 18.3 Å². The van der Waals surface area contributed by atoms with Crippen molar-refractivity contribution in [2.45, 2.75) is 70.8 Å². The Morgan fingerprint density at radius 2 is 1.80 bits per heavy atom. The summed E-state index contributed by atoms with van der Waals surface area (Å²) in [5.41, 5.74) is 10.4. The lowest BCUT2D eigenvalue weighted by molar-refractivity contribution is 0.0852. The molecule has 41 heavy (non-hydrogen) atoms. The molecule has 5 rings (SSSR count). The molecule has 1 aromatic carbocycles. The van der Waals surface area contributed by atoms with Crippen LogP contribution in [-0.4, -0.2) is 42.6 Å². The molecule has 1 aliphatic heterocycles. The van der Waals surface area contributed by atoms with Crippen molar-refractivity contribution in [3.8, 4) is 11.3 Å². The third kappa shape index (κ3) is 7.54. The smallest absolute Gasteiger partial charge is 0.168 e. The summed E-state index contributed by atoms with van der Waals surface area (Å²) in [5, 5.41) is 3.25. The Kier molecular flexibility index (Phi) is 10.6. The summed E-state index contributed by atoms with van der Waals surface area (Å²) in [5.74, 6) is 1.14. The van der Waals surface area contributed by atoms with Gasteiger partial charge in [-0.15, -0.1) is 0 Å². The molecule has 2 aromatic heterocycles. The highest BCUT2D eigenvalue weighted by molar-refractivity contribution is 5.75. The predicted octanol–water partition coefficient (Wildman–Crippen LogP) is 7.03. The van der Waals surface area contributed by atoms with Gasteiger partial charge in [0, 0.05) is 38.1 Å². The van der Waals surface area contributed by atoms with Crippen LogP contribution in [0.25, 0.3) is 11.3 Å². The molecule has 3 N–H and O–H groups in total. The van der Waals surface area contributed by atoms with Crippen molar-refractivity contribution in [2.24, 2.45) is 17.6 Å². The third-order valence-electron chi connectivity index (χ3n) is 8.51. The Morgan fingerprint density at radius 1 is 1.05 bits per heavy atom. The number of pyridine rings is 2. The van der Waals surface area contributed by atoms with Gasteiger partial charge in [0.25, 0.3) is 0 Å². The first-order valence-electron chi connectivity index (χ1n) is 14.6. The van der Waals surface area contributed by atoms with E-state index in [1.807, 2.05) is 25.5 Å². The minimum absolute atomic E-state index is 0.0775. The van der Waals surface area contributed by atoms with Crippen LogP contribution in [0.5, 0.6) is 0 Å². The van der Waals surface area contributed by atoms with Crippen LogP contribution >= 0.6 is 0 Å². The van der Waals surface area contributed by atoms with Crippen LogP contribution in [0.2, 0.25) is 0 Å². The molecule has 0 amide bonds. The van der Waals surface area contributed by atoms with E-state index in [2.05, 4.69) is 35.2 Å². The molecule has 1 aliphatic carbocycles. The van der Waals surface area contributed by atoms with E-state index in [4.69, 9.17) is 10.5 Å². The summed E-state index contributed by atoms with van der Waals surface area (Å²) in [6.45, 7) is 7.70. The Labute approximate surface area is 242 Å². The molecule has 6 nitrogen and oxygen atoms in total. The standard InChI is InChI=1S/C18H17F2NO2.C15H25N3/c1-11-8-13(12-4-6-23-7-5-12)9-16(20)17(11)18-15(19)3-2-14(10-22)21-18;1-10(2)11-6-12(8-13(16)7-11)14-4-5-18-9-15(14)17-3/h2-3,8-10,12H,4-7H2,1H3;4-5,9-13,17H,6-8,16H2,1-3H3. The second-order valence-corrected chi connectivity index (χ2v) is 11.6. The maximum atomic E-state index is 14.6. The summed E-state index contributed by atoms with van der Waals surface area (Å²) in [7, 11) is 1.96. The zero-order valence-corrected chi connectivity index (χ0v) is 24.5. The monoisotopic (exact) mass is 564 g/mol. The lowest BCUT2D eigenvalue weighted by Gasteiger charge is -2.36. The average molecular weight is 565 g/mol. The predicted molar refractivity (Wildman–Crippen MR) is 159 cm³/mol. The molecule has 220 valence electrons. The van der Waals surface area contributed by atoms with Gasteiger partial charge in [-0.3, -0.25) is 9.78 Å². The lowest BCUT2D eigenvalue weighted by Crippen LogP contribution is -2.34. The number of benzene rings is 1. The van der Waals surface area contributed by atoms with E-state index in [-0.39, 0.29) is 22.9 Å². The van der Waals surface area contributed by atoms with Crippen LogP contribution in [0, 0.1) is 30.4 Å². The molecule has 3 unspecified atom stereocenters. The van der Waals surface area contributed by atoms with Crippen LogP contribution in [0.1, 0.15) is 85.0 Å². The van der Waals surface area contributed by atoms with Crippen LogP contribution in [0.3, 0.4) is 0 Å². The van der Waals surface area contributed by atoms with E-state index in [0.29, 0.717) is 37.0 Å². The van der Waals surface area contributed by atoms with Crippen molar-refractivity contribution in [2.75, 3.05) is 25.6 Å². The molecule has 1 saturated carbocycles. The Balaban J connectivity index is 0.000000195. The highest BCUT2D eigenvalue weighted by atomic mass is 19.1. The van der Waals surface area contributed by atoms with Crippen LogP contribution in [0.15, 0.2) is 42.7 Å². The van der Waals surface area contributed by atoms with Gasteiger partial charge < -0.3 is 15.8 Å². The van der Waals surface area contributed by atoms with E-state index in [1.165, 1.54) is 30.5 Å². The second kappa shape index (κ2) is 14.1. The molecule has 0 bridgehead atoms. The number of aromatic nitrogens is 2. The molecule has 2 aliphatic rings. The number of anilines is 1. The Bertz CT molecular complexity index is 1300. The molecule has 3 heterocycles. The van der Waals surface area contributed by atoms with Crippen LogP contribution in [0.4, 0.5) is 14.5 Å². The SMILES string of the molecule is CNc1cnccc1C1CC(N)CC(C(C)C)C1.Cc1cc(C2CCOCC2)cc(F)c1-c1nc(C=O)ccc1F. The number of carbonyl (C=O) groups is 1. The molecular weight excluding hydrogens is 522 g/mol. The topological polar surface area (TPSA) is 90.1 Å². The number of aryl methyl sites for hydroxylation is 1. The van der Waals surface area contributed by atoms with E-state index >= 15 is 0 Å². The van der Waals surface area contributed by atoms with Gasteiger partial charge in [0.2, 0.25) is 0 Å². The second-order valence-electron chi connectivity index (χ2n) is 11.6. The lowest BCUT2D eigenvalue weighted by atomic mass is 9.72. The van der Waals surface area contributed by atoms with Crippen molar-refractivity contribution in [1.29, 1.82) is 0 Å². The maximum Gasteiger partial charge on any atom is 0.168 e. The number of nitrogens with two attached hydrogens (primary N) is 1. The summed E-state index contributed by atoms with van der Waals surface area (Å²) in [4.78, 5) is 19.0. The number of halogens is 2. The minimum Gasteiger partial charge on any atom is -0.387 e. The minimum atomic E-state index is -0.642. The first-order valence-corrected chi connectivity index (χ1v) is 14.6. The number of rotatable bonds is 6. The average Bonchev–Trinajstić information content (AvgIpc) is 2.98. The van der Waals surface area contributed by atoms with Gasteiger partial charge in [0.15, 0.2) is 6.29 Å². The van der Waals surface area contributed by atoms with Crippen LogP contribution in [-0.2, 0) is 4.74 Å². The zero-order chi connectivity index (χ0) is 29.5. The largest absolute Gasteiger partial charge is 0.387 e. The number of hydrogen-bond donors (Lipinski definition) is 2. The number of ether oxygens (including phenoxy) is 1. The molecule has 3 aromatic rings. The number of nitrogens with one attached hydrogen (secondary N) is 1. The molecule has 3 atom stereocenters. The molecule has 2 fully saturated rings. The van der Waals surface area contributed by atoms with E-state index < -0.39 is 11.6 Å². The van der Waals surface area contributed by atoms with Crippen molar-refractivity contribution in [3.63, 3.8) is 0 Å². The van der Waals surface area contributed by atoms with Crippen molar-refractivity contribution >= 4 is 12.0 Å². The summed E-state index contributed by atoms with van der Waals surface area (Å²) in [6.07, 6.45) is 9.56.